The fourth-order valence-corrected chi connectivity index (χ4v) is 4.69. The summed E-state index contributed by atoms with van der Waals surface area (Å²) >= 11 is 1.44. The van der Waals surface area contributed by atoms with Crippen molar-refractivity contribution >= 4 is 17.2 Å². The van der Waals surface area contributed by atoms with Crippen molar-refractivity contribution in [3.8, 4) is 16.6 Å². The molecule has 1 heterocycles. The lowest BCUT2D eigenvalue weighted by molar-refractivity contribution is 0.0918. The van der Waals surface area contributed by atoms with Crippen molar-refractivity contribution in [2.45, 2.75) is 31.7 Å². The molecule has 0 aliphatic heterocycles. The Morgan fingerprint density at radius 2 is 2.26 bits per heavy atom. The third kappa shape index (κ3) is 2.75. The highest BCUT2D eigenvalue weighted by Crippen LogP contribution is 2.44. The largest absolute Gasteiger partial charge is 0.348 e. The van der Waals surface area contributed by atoms with Crippen molar-refractivity contribution in [2.24, 2.45) is 11.8 Å². The Labute approximate surface area is 139 Å². The van der Waals surface area contributed by atoms with Gasteiger partial charge in [-0.1, -0.05) is 18.6 Å². The maximum absolute atomic E-state index is 12.4. The Balaban J connectivity index is 1.49. The summed E-state index contributed by atoms with van der Waals surface area (Å²) < 4.78 is 0. The minimum absolute atomic E-state index is 0.0681. The van der Waals surface area contributed by atoms with E-state index >= 15 is 0 Å². The topological polar surface area (TPSA) is 65.8 Å². The van der Waals surface area contributed by atoms with Gasteiger partial charge in [0, 0.05) is 17.0 Å². The minimum atomic E-state index is -0.0681. The van der Waals surface area contributed by atoms with Crippen molar-refractivity contribution in [1.82, 2.24) is 10.3 Å². The van der Waals surface area contributed by atoms with Crippen molar-refractivity contribution in [2.75, 3.05) is 0 Å². The van der Waals surface area contributed by atoms with Gasteiger partial charge in [-0.05, 0) is 43.2 Å². The molecule has 116 valence electrons. The van der Waals surface area contributed by atoms with E-state index in [-0.39, 0.29) is 5.91 Å². The smallest absolute Gasteiger partial charge is 0.271 e. The van der Waals surface area contributed by atoms with E-state index in [1.807, 2.05) is 12.1 Å². The number of carbonyl (C=O) groups is 1. The van der Waals surface area contributed by atoms with E-state index in [1.165, 1.54) is 30.6 Å². The van der Waals surface area contributed by atoms with E-state index < -0.39 is 0 Å². The summed E-state index contributed by atoms with van der Waals surface area (Å²) in [5.74, 6) is 1.40. The monoisotopic (exact) mass is 323 g/mol. The molecule has 1 N–H and O–H groups in total. The van der Waals surface area contributed by atoms with Crippen LogP contribution >= 0.6 is 11.3 Å². The van der Waals surface area contributed by atoms with Crippen LogP contribution in [0.5, 0.6) is 0 Å². The number of fused-ring (bicyclic) bond motifs is 2. The number of carbonyl (C=O) groups excluding carboxylic acids is 1. The molecule has 0 unspecified atom stereocenters. The number of hydrogen-bond acceptors (Lipinski definition) is 4. The molecule has 1 aromatic carbocycles. The van der Waals surface area contributed by atoms with Gasteiger partial charge in [-0.2, -0.15) is 5.26 Å². The second kappa shape index (κ2) is 5.78. The summed E-state index contributed by atoms with van der Waals surface area (Å²) in [7, 11) is 0. The highest BCUT2D eigenvalue weighted by atomic mass is 32.1. The second-order valence-corrected chi connectivity index (χ2v) is 7.34. The van der Waals surface area contributed by atoms with Crippen molar-refractivity contribution in [1.29, 1.82) is 5.26 Å². The number of nitriles is 1. The first-order valence-electron chi connectivity index (χ1n) is 8.00. The van der Waals surface area contributed by atoms with Crippen LogP contribution in [-0.2, 0) is 0 Å². The molecule has 1 aromatic heterocycles. The van der Waals surface area contributed by atoms with E-state index in [0.29, 0.717) is 23.2 Å². The number of hydrogen-bond donors (Lipinski definition) is 1. The highest BCUT2D eigenvalue weighted by molar-refractivity contribution is 7.13. The summed E-state index contributed by atoms with van der Waals surface area (Å²) in [4.78, 5) is 16.9. The van der Waals surface area contributed by atoms with E-state index in [2.05, 4.69) is 16.4 Å². The first-order valence-corrected chi connectivity index (χ1v) is 8.88. The molecule has 2 aliphatic rings. The number of rotatable bonds is 3. The summed E-state index contributed by atoms with van der Waals surface area (Å²) in [6.07, 6.45) is 4.97. The third-order valence-corrected chi connectivity index (χ3v) is 5.92. The molecule has 23 heavy (non-hydrogen) atoms. The Hall–Kier alpha value is -2.19. The summed E-state index contributed by atoms with van der Waals surface area (Å²) in [6, 6.07) is 9.77. The molecule has 2 aliphatic carbocycles. The van der Waals surface area contributed by atoms with Crippen molar-refractivity contribution in [3.63, 3.8) is 0 Å². The maximum atomic E-state index is 12.4. The van der Waals surface area contributed by atoms with Crippen molar-refractivity contribution in [3.05, 3.63) is 40.9 Å². The average Bonchev–Trinajstić information content (AvgIpc) is 3.31. The molecule has 2 saturated carbocycles. The minimum Gasteiger partial charge on any atom is -0.348 e. The van der Waals surface area contributed by atoms with E-state index in [4.69, 9.17) is 5.26 Å². The van der Waals surface area contributed by atoms with Crippen molar-refractivity contribution < 1.29 is 4.79 Å². The predicted molar refractivity (Wildman–Crippen MR) is 89.0 cm³/mol. The lowest BCUT2D eigenvalue weighted by Crippen LogP contribution is -2.38. The lowest BCUT2D eigenvalue weighted by Gasteiger charge is -2.22. The van der Waals surface area contributed by atoms with Gasteiger partial charge in [0.2, 0.25) is 0 Å². The molecule has 5 heteroatoms. The fraction of sp³-hybridized carbons (Fsp3) is 0.389. The maximum Gasteiger partial charge on any atom is 0.271 e. The molecule has 0 radical (unpaired) electrons. The third-order valence-electron chi connectivity index (χ3n) is 5.03. The molecule has 2 bridgehead atoms. The van der Waals surface area contributed by atoms with E-state index in [1.54, 1.807) is 17.5 Å². The zero-order valence-electron chi connectivity index (χ0n) is 12.7. The lowest BCUT2D eigenvalue weighted by atomic mass is 9.95. The first-order chi connectivity index (χ1) is 11.2. The number of benzene rings is 1. The van der Waals surface area contributed by atoms with Crippen LogP contribution in [0.3, 0.4) is 0 Å². The fourth-order valence-electron chi connectivity index (χ4n) is 3.90. The van der Waals surface area contributed by atoms with E-state index in [0.717, 1.165) is 22.9 Å². The van der Waals surface area contributed by atoms with Gasteiger partial charge < -0.3 is 5.32 Å². The number of aromatic nitrogens is 1. The van der Waals surface area contributed by atoms with Crippen LogP contribution in [0.25, 0.3) is 10.6 Å². The summed E-state index contributed by atoms with van der Waals surface area (Å²) in [5, 5.41) is 14.7. The Kier molecular flexibility index (Phi) is 3.62. The Bertz CT molecular complexity index is 792. The van der Waals surface area contributed by atoms with Crippen LogP contribution in [0.2, 0.25) is 0 Å². The van der Waals surface area contributed by atoms with Gasteiger partial charge in [0.05, 0.1) is 11.6 Å². The van der Waals surface area contributed by atoms with Gasteiger partial charge in [0.15, 0.2) is 0 Å². The number of nitrogens with zero attached hydrogens (tertiary/aromatic N) is 2. The molecular formula is C18H17N3OS. The molecule has 0 saturated heterocycles. The van der Waals surface area contributed by atoms with Gasteiger partial charge in [-0.3, -0.25) is 4.79 Å². The number of thiazole rings is 1. The Morgan fingerprint density at radius 3 is 3.00 bits per heavy atom. The highest BCUT2D eigenvalue weighted by Gasteiger charge is 2.40. The first kappa shape index (κ1) is 14.4. The van der Waals surface area contributed by atoms with Crippen LogP contribution in [0.4, 0.5) is 0 Å². The summed E-state index contributed by atoms with van der Waals surface area (Å²) in [6.45, 7) is 0. The zero-order chi connectivity index (χ0) is 15.8. The van der Waals surface area contributed by atoms with Crippen LogP contribution in [0.15, 0.2) is 29.6 Å². The number of nitrogens with one attached hydrogen (secondary N) is 1. The predicted octanol–water partition coefficient (Wildman–Crippen LogP) is 3.60. The van der Waals surface area contributed by atoms with Crippen LogP contribution in [-0.4, -0.2) is 16.9 Å². The zero-order valence-corrected chi connectivity index (χ0v) is 13.5. The Morgan fingerprint density at radius 1 is 1.35 bits per heavy atom. The second-order valence-electron chi connectivity index (χ2n) is 6.49. The molecule has 4 rings (SSSR count). The molecule has 3 atom stereocenters. The quantitative estimate of drug-likeness (QED) is 0.938. The summed E-state index contributed by atoms with van der Waals surface area (Å²) in [5.41, 5.74) is 1.97. The molecule has 4 nitrogen and oxygen atoms in total. The standard InChI is InChI=1S/C18H17N3OS/c19-9-12-2-1-3-14(7-12)18-21-16(10-23-18)17(22)20-15-8-11-4-5-13(15)6-11/h1-3,7,10-11,13,15H,4-6,8H2,(H,20,22)/t11-,13+,15-/m1/s1. The molecule has 0 spiro atoms. The van der Waals surface area contributed by atoms with Gasteiger partial charge in [0.1, 0.15) is 10.7 Å². The van der Waals surface area contributed by atoms with Crippen LogP contribution in [0, 0.1) is 23.2 Å². The van der Waals surface area contributed by atoms with Gasteiger partial charge >= 0.3 is 0 Å². The SMILES string of the molecule is N#Cc1cccc(-c2nc(C(=O)N[C@@H]3C[C@@H]4CC[C@H]3C4)cs2)c1. The molecule has 1 amide bonds. The van der Waals surface area contributed by atoms with Gasteiger partial charge in [0.25, 0.3) is 5.91 Å². The van der Waals surface area contributed by atoms with E-state index in [9.17, 15) is 4.79 Å². The average molecular weight is 323 g/mol. The molecule has 2 aromatic rings. The van der Waals surface area contributed by atoms with Gasteiger partial charge in [-0.25, -0.2) is 4.98 Å². The molecule has 2 fully saturated rings. The van der Waals surface area contributed by atoms with Crippen LogP contribution in [0.1, 0.15) is 41.7 Å². The number of amides is 1. The van der Waals surface area contributed by atoms with Gasteiger partial charge in [-0.15, -0.1) is 11.3 Å². The normalized spacial score (nSPS) is 25.3. The molecular weight excluding hydrogens is 306 g/mol. The van der Waals surface area contributed by atoms with Crippen LogP contribution < -0.4 is 5.32 Å².